The molecule has 5 nitrogen and oxygen atoms in total. The fourth-order valence-electron chi connectivity index (χ4n) is 1.83. The summed E-state index contributed by atoms with van der Waals surface area (Å²) in [5.41, 5.74) is -0.839. The Kier molecular flexibility index (Phi) is 5.39. The molecular weight excluding hydrogens is 244 g/mol. The van der Waals surface area contributed by atoms with Gasteiger partial charge in [-0.1, -0.05) is 40.5 Å². The third kappa shape index (κ3) is 3.72. The van der Waals surface area contributed by atoms with Crippen LogP contribution in [0.1, 0.15) is 40.5 Å². The molecule has 1 aromatic heterocycles. The van der Waals surface area contributed by atoms with E-state index in [-0.39, 0.29) is 17.7 Å². The van der Waals surface area contributed by atoms with Crippen LogP contribution < -0.4 is 11.2 Å². The zero-order chi connectivity index (χ0) is 14.6. The molecule has 0 aliphatic carbocycles. The Morgan fingerprint density at radius 2 is 1.53 bits per heavy atom. The molecular formula is C14H24N2O3. The van der Waals surface area contributed by atoms with Gasteiger partial charge in [0.25, 0.3) is 5.56 Å². The van der Waals surface area contributed by atoms with Gasteiger partial charge in [-0.3, -0.25) is 13.9 Å². The summed E-state index contributed by atoms with van der Waals surface area (Å²) in [6, 6.07) is 1.13. The fourth-order valence-corrected chi connectivity index (χ4v) is 1.83. The minimum absolute atomic E-state index is 0.240. The second-order valence-electron chi connectivity index (χ2n) is 5.37. The van der Waals surface area contributed by atoms with E-state index in [9.17, 15) is 14.7 Å². The second kappa shape index (κ2) is 6.59. The van der Waals surface area contributed by atoms with Gasteiger partial charge < -0.3 is 5.11 Å². The van der Waals surface area contributed by atoms with Crippen LogP contribution in [0.3, 0.4) is 0 Å². The highest BCUT2D eigenvalue weighted by Gasteiger charge is 2.14. The van der Waals surface area contributed by atoms with Crippen LogP contribution in [0.25, 0.3) is 0 Å². The molecule has 0 aliphatic heterocycles. The van der Waals surface area contributed by atoms with Crippen LogP contribution in [-0.4, -0.2) is 14.2 Å². The molecule has 0 saturated heterocycles. The normalized spacial score (nSPS) is 14.3. The monoisotopic (exact) mass is 268 g/mol. The van der Waals surface area contributed by atoms with Crippen LogP contribution in [0.2, 0.25) is 0 Å². The molecule has 0 amide bonds. The number of aromatic nitrogens is 2. The summed E-state index contributed by atoms with van der Waals surface area (Å²) in [5, 5.41) is 9.78. The van der Waals surface area contributed by atoms with Crippen molar-refractivity contribution in [3.8, 4) is 5.88 Å². The molecule has 1 heterocycles. The van der Waals surface area contributed by atoms with Crippen LogP contribution in [-0.2, 0) is 13.1 Å². The van der Waals surface area contributed by atoms with Crippen molar-refractivity contribution in [1.82, 2.24) is 9.13 Å². The largest absolute Gasteiger partial charge is 0.494 e. The summed E-state index contributed by atoms with van der Waals surface area (Å²) < 4.78 is 2.51. The molecule has 0 aliphatic rings. The first kappa shape index (κ1) is 15.5. The van der Waals surface area contributed by atoms with Crippen molar-refractivity contribution < 1.29 is 5.11 Å². The van der Waals surface area contributed by atoms with E-state index in [1.165, 1.54) is 9.13 Å². The Morgan fingerprint density at radius 3 is 2.00 bits per heavy atom. The molecule has 0 bridgehead atoms. The van der Waals surface area contributed by atoms with Gasteiger partial charge in [-0.2, -0.15) is 0 Å². The molecule has 0 saturated carbocycles. The van der Waals surface area contributed by atoms with Crippen molar-refractivity contribution >= 4 is 0 Å². The van der Waals surface area contributed by atoms with Gasteiger partial charge in [0.2, 0.25) is 5.88 Å². The first-order valence-electron chi connectivity index (χ1n) is 6.94. The topological polar surface area (TPSA) is 64.2 Å². The summed E-state index contributed by atoms with van der Waals surface area (Å²) in [5.74, 6) is 0.292. The average Bonchev–Trinajstić information content (AvgIpc) is 2.38. The minimum atomic E-state index is -0.428. The van der Waals surface area contributed by atoms with Gasteiger partial charge in [-0.25, -0.2) is 4.79 Å². The number of rotatable bonds is 6. The Balaban J connectivity index is 3.23. The molecule has 1 N–H and O–H groups in total. The van der Waals surface area contributed by atoms with E-state index in [1.807, 2.05) is 27.7 Å². The van der Waals surface area contributed by atoms with Gasteiger partial charge in [0.1, 0.15) is 0 Å². The summed E-state index contributed by atoms with van der Waals surface area (Å²) in [7, 11) is 0. The maximum Gasteiger partial charge on any atom is 0.333 e. The summed E-state index contributed by atoms with van der Waals surface area (Å²) in [6.45, 7) is 8.89. The van der Waals surface area contributed by atoms with Crippen LogP contribution in [0.15, 0.2) is 15.7 Å². The predicted octanol–water partition coefficient (Wildman–Crippen LogP) is 1.81. The molecule has 108 valence electrons. The van der Waals surface area contributed by atoms with Gasteiger partial charge in [0.05, 0.1) is 6.07 Å². The molecule has 0 spiro atoms. The van der Waals surface area contributed by atoms with Gasteiger partial charge in [0.15, 0.2) is 0 Å². The fraction of sp³-hybridized carbons (Fsp3) is 0.714. The SMILES string of the molecule is CCC(C)Cn1c(O)cc(=O)n(CC(C)CC)c1=O. The lowest BCUT2D eigenvalue weighted by molar-refractivity contribution is 0.344. The number of nitrogens with zero attached hydrogens (tertiary/aromatic N) is 2. The van der Waals surface area contributed by atoms with E-state index in [0.717, 1.165) is 18.9 Å². The van der Waals surface area contributed by atoms with Crippen molar-refractivity contribution in [1.29, 1.82) is 0 Å². The van der Waals surface area contributed by atoms with E-state index in [4.69, 9.17) is 0 Å². The second-order valence-corrected chi connectivity index (χ2v) is 5.37. The molecule has 5 heteroatoms. The summed E-state index contributed by atoms with van der Waals surface area (Å²) in [4.78, 5) is 24.1. The van der Waals surface area contributed by atoms with Crippen molar-refractivity contribution in [2.75, 3.05) is 0 Å². The predicted molar refractivity (Wildman–Crippen MR) is 75.5 cm³/mol. The van der Waals surface area contributed by atoms with Crippen LogP contribution in [0.4, 0.5) is 0 Å². The lowest BCUT2D eigenvalue weighted by Crippen LogP contribution is -2.41. The van der Waals surface area contributed by atoms with Crippen molar-refractivity contribution in [2.45, 2.75) is 53.6 Å². The van der Waals surface area contributed by atoms with Gasteiger partial charge in [-0.15, -0.1) is 0 Å². The maximum absolute atomic E-state index is 12.3. The molecule has 0 radical (unpaired) electrons. The van der Waals surface area contributed by atoms with Gasteiger partial charge in [0, 0.05) is 13.1 Å². The highest BCUT2D eigenvalue weighted by Crippen LogP contribution is 2.09. The number of hydrogen-bond acceptors (Lipinski definition) is 3. The minimum Gasteiger partial charge on any atom is -0.494 e. The van der Waals surface area contributed by atoms with Gasteiger partial charge in [-0.05, 0) is 11.8 Å². The zero-order valence-electron chi connectivity index (χ0n) is 12.2. The maximum atomic E-state index is 12.3. The van der Waals surface area contributed by atoms with Gasteiger partial charge >= 0.3 is 5.69 Å². The van der Waals surface area contributed by atoms with Crippen molar-refractivity contribution in [2.24, 2.45) is 11.8 Å². The van der Waals surface area contributed by atoms with Crippen LogP contribution in [0, 0.1) is 11.8 Å². The van der Waals surface area contributed by atoms with E-state index in [0.29, 0.717) is 13.1 Å². The molecule has 0 aromatic carbocycles. The quantitative estimate of drug-likeness (QED) is 0.855. The summed E-state index contributed by atoms with van der Waals surface area (Å²) >= 11 is 0. The zero-order valence-corrected chi connectivity index (χ0v) is 12.2. The van der Waals surface area contributed by atoms with E-state index < -0.39 is 11.2 Å². The molecule has 0 fully saturated rings. The van der Waals surface area contributed by atoms with Crippen LogP contribution >= 0.6 is 0 Å². The molecule has 1 rings (SSSR count). The molecule has 19 heavy (non-hydrogen) atoms. The van der Waals surface area contributed by atoms with Crippen molar-refractivity contribution in [3.05, 3.63) is 26.9 Å². The third-order valence-electron chi connectivity index (χ3n) is 3.64. The Hall–Kier alpha value is -1.52. The van der Waals surface area contributed by atoms with Crippen LogP contribution in [0.5, 0.6) is 5.88 Å². The average molecular weight is 268 g/mol. The third-order valence-corrected chi connectivity index (χ3v) is 3.64. The standard InChI is InChI=1S/C14H24N2O3/c1-5-10(3)8-15-12(17)7-13(18)16(14(15)19)9-11(4)6-2/h7,10-11,17H,5-6,8-9H2,1-4H3. The van der Waals surface area contributed by atoms with E-state index >= 15 is 0 Å². The number of aromatic hydroxyl groups is 1. The highest BCUT2D eigenvalue weighted by atomic mass is 16.3. The van der Waals surface area contributed by atoms with E-state index in [2.05, 4.69) is 0 Å². The summed E-state index contributed by atoms with van der Waals surface area (Å²) in [6.07, 6.45) is 1.81. The highest BCUT2D eigenvalue weighted by molar-refractivity contribution is 5.07. The lowest BCUT2D eigenvalue weighted by Gasteiger charge is -2.16. The number of hydrogen-bond donors (Lipinski definition) is 1. The Bertz CT molecular complexity index is 530. The lowest BCUT2D eigenvalue weighted by atomic mass is 10.1. The first-order chi connectivity index (χ1) is 8.90. The first-order valence-corrected chi connectivity index (χ1v) is 6.94. The Morgan fingerprint density at radius 1 is 1.05 bits per heavy atom. The smallest absolute Gasteiger partial charge is 0.333 e. The molecule has 2 unspecified atom stereocenters. The molecule has 1 aromatic rings. The Labute approximate surface area is 113 Å². The van der Waals surface area contributed by atoms with E-state index in [1.54, 1.807) is 0 Å². The van der Waals surface area contributed by atoms with Crippen molar-refractivity contribution in [3.63, 3.8) is 0 Å². The molecule has 2 atom stereocenters.